The standard InChI is InChI=1S/C18H23F3N4O/c1-13(2)23-7-9-24(10-8-23)16-6-5-15-4-3-14(11-25(15)16)17(26)22-12-18(19,20)21/h3-6,11,13H,7-10,12H2,1-2H3,(H,22,26). The summed E-state index contributed by atoms with van der Waals surface area (Å²) >= 11 is 0. The Balaban J connectivity index is 1.77. The number of carbonyl (C=O) groups is 1. The number of fused-ring (bicyclic) bond motifs is 1. The Labute approximate surface area is 150 Å². The summed E-state index contributed by atoms with van der Waals surface area (Å²) in [5, 5.41) is 1.92. The summed E-state index contributed by atoms with van der Waals surface area (Å²) in [5.74, 6) is 0.224. The third-order valence-corrected chi connectivity index (χ3v) is 4.71. The van der Waals surface area contributed by atoms with Crippen LogP contribution in [0.15, 0.2) is 30.5 Å². The summed E-state index contributed by atoms with van der Waals surface area (Å²) in [6.07, 6.45) is -2.82. The van der Waals surface area contributed by atoms with E-state index in [1.165, 1.54) is 0 Å². The summed E-state index contributed by atoms with van der Waals surface area (Å²) in [4.78, 5) is 16.7. The van der Waals surface area contributed by atoms with Gasteiger partial charge in [-0.25, -0.2) is 0 Å². The minimum Gasteiger partial charge on any atom is -0.355 e. The Morgan fingerprint density at radius 1 is 1.12 bits per heavy atom. The fourth-order valence-electron chi connectivity index (χ4n) is 3.23. The Bertz CT molecular complexity index is 776. The first-order valence-electron chi connectivity index (χ1n) is 8.70. The molecule has 1 aliphatic rings. The third-order valence-electron chi connectivity index (χ3n) is 4.71. The number of carbonyl (C=O) groups excluding carboxylic acids is 1. The number of amides is 1. The maximum absolute atomic E-state index is 12.3. The SMILES string of the molecule is CC(C)N1CCN(c2ccc3ccc(C(=O)NCC(F)(F)F)cn23)CC1. The van der Waals surface area contributed by atoms with Crippen LogP contribution in [0.25, 0.3) is 5.52 Å². The van der Waals surface area contributed by atoms with Gasteiger partial charge in [0.2, 0.25) is 0 Å². The van der Waals surface area contributed by atoms with Crippen molar-refractivity contribution >= 4 is 17.2 Å². The summed E-state index contributed by atoms with van der Waals surface area (Å²) in [6, 6.07) is 7.72. The van der Waals surface area contributed by atoms with Gasteiger partial charge in [0.15, 0.2) is 0 Å². The Hall–Kier alpha value is -2.22. The molecular formula is C18H23F3N4O. The van der Waals surface area contributed by atoms with Gasteiger partial charge < -0.3 is 14.6 Å². The number of alkyl halides is 3. The molecule has 0 radical (unpaired) electrons. The van der Waals surface area contributed by atoms with Crippen LogP contribution in [0, 0.1) is 0 Å². The van der Waals surface area contributed by atoms with E-state index in [4.69, 9.17) is 0 Å². The van der Waals surface area contributed by atoms with Crippen LogP contribution >= 0.6 is 0 Å². The molecule has 1 amide bonds. The smallest absolute Gasteiger partial charge is 0.355 e. The number of anilines is 1. The van der Waals surface area contributed by atoms with E-state index >= 15 is 0 Å². The molecule has 0 bridgehead atoms. The van der Waals surface area contributed by atoms with Gasteiger partial charge in [0.25, 0.3) is 5.91 Å². The molecule has 0 spiro atoms. The fourth-order valence-corrected chi connectivity index (χ4v) is 3.23. The molecule has 0 atom stereocenters. The second-order valence-corrected chi connectivity index (χ2v) is 6.82. The molecule has 2 aromatic heterocycles. The molecule has 1 N–H and O–H groups in total. The number of halogens is 3. The molecule has 142 valence electrons. The average molecular weight is 368 g/mol. The highest BCUT2D eigenvalue weighted by Crippen LogP contribution is 2.22. The quantitative estimate of drug-likeness (QED) is 0.902. The van der Waals surface area contributed by atoms with Gasteiger partial charge in [-0.3, -0.25) is 9.69 Å². The second kappa shape index (κ2) is 7.19. The zero-order valence-electron chi connectivity index (χ0n) is 14.9. The lowest BCUT2D eigenvalue weighted by atomic mass is 10.2. The van der Waals surface area contributed by atoms with E-state index in [1.54, 1.807) is 18.3 Å². The summed E-state index contributed by atoms with van der Waals surface area (Å²) in [7, 11) is 0. The minimum atomic E-state index is -4.42. The molecule has 0 aromatic carbocycles. The van der Waals surface area contributed by atoms with E-state index in [0.29, 0.717) is 6.04 Å². The van der Waals surface area contributed by atoms with Crippen molar-refractivity contribution in [3.63, 3.8) is 0 Å². The average Bonchev–Trinajstić information content (AvgIpc) is 3.02. The number of nitrogens with one attached hydrogen (secondary N) is 1. The molecule has 8 heteroatoms. The second-order valence-electron chi connectivity index (χ2n) is 6.82. The topological polar surface area (TPSA) is 40.0 Å². The van der Waals surface area contributed by atoms with Crippen molar-refractivity contribution in [3.8, 4) is 0 Å². The molecule has 2 aromatic rings. The number of nitrogens with zero attached hydrogens (tertiary/aromatic N) is 3. The molecule has 5 nitrogen and oxygen atoms in total. The van der Waals surface area contributed by atoms with Crippen molar-refractivity contribution in [1.29, 1.82) is 0 Å². The number of aromatic nitrogens is 1. The van der Waals surface area contributed by atoms with E-state index in [2.05, 4.69) is 23.6 Å². The van der Waals surface area contributed by atoms with Crippen molar-refractivity contribution < 1.29 is 18.0 Å². The highest BCUT2D eigenvalue weighted by atomic mass is 19.4. The van der Waals surface area contributed by atoms with Gasteiger partial charge in [0, 0.05) is 43.9 Å². The first kappa shape index (κ1) is 18.6. The van der Waals surface area contributed by atoms with Crippen LogP contribution < -0.4 is 10.2 Å². The van der Waals surface area contributed by atoms with Gasteiger partial charge in [0.05, 0.1) is 5.56 Å². The van der Waals surface area contributed by atoms with Crippen LogP contribution in [0.1, 0.15) is 24.2 Å². The van der Waals surface area contributed by atoms with Crippen molar-refractivity contribution in [2.24, 2.45) is 0 Å². The monoisotopic (exact) mass is 368 g/mol. The summed E-state index contributed by atoms with van der Waals surface area (Å²) in [6.45, 7) is 6.67. The van der Waals surface area contributed by atoms with Gasteiger partial charge in [-0.1, -0.05) is 0 Å². The predicted molar refractivity (Wildman–Crippen MR) is 94.7 cm³/mol. The molecule has 1 fully saturated rings. The maximum atomic E-state index is 12.3. The third kappa shape index (κ3) is 4.12. The van der Waals surface area contributed by atoms with Crippen molar-refractivity contribution in [2.45, 2.75) is 26.1 Å². The molecule has 0 unspecified atom stereocenters. The van der Waals surface area contributed by atoms with E-state index in [1.807, 2.05) is 21.9 Å². The zero-order valence-corrected chi connectivity index (χ0v) is 14.9. The molecule has 1 aliphatic heterocycles. The fraction of sp³-hybridized carbons (Fsp3) is 0.500. The highest BCUT2D eigenvalue weighted by molar-refractivity contribution is 5.94. The number of rotatable bonds is 4. The van der Waals surface area contributed by atoms with Crippen LogP contribution in [-0.2, 0) is 0 Å². The van der Waals surface area contributed by atoms with E-state index in [-0.39, 0.29) is 5.56 Å². The molecule has 0 aliphatic carbocycles. The van der Waals surface area contributed by atoms with E-state index in [0.717, 1.165) is 37.5 Å². The zero-order chi connectivity index (χ0) is 18.9. The van der Waals surface area contributed by atoms with Crippen LogP contribution in [-0.4, -0.2) is 60.1 Å². The lowest BCUT2D eigenvalue weighted by Gasteiger charge is -2.37. The van der Waals surface area contributed by atoms with Crippen LogP contribution in [0.4, 0.5) is 19.0 Å². The Morgan fingerprint density at radius 2 is 1.77 bits per heavy atom. The van der Waals surface area contributed by atoms with Gasteiger partial charge in [-0.15, -0.1) is 0 Å². The number of hydrogen-bond donors (Lipinski definition) is 1. The summed E-state index contributed by atoms with van der Waals surface area (Å²) in [5.41, 5.74) is 1.11. The van der Waals surface area contributed by atoms with Crippen LogP contribution in [0.5, 0.6) is 0 Å². The number of hydrogen-bond acceptors (Lipinski definition) is 3. The first-order valence-corrected chi connectivity index (χ1v) is 8.70. The van der Waals surface area contributed by atoms with Gasteiger partial charge in [-0.05, 0) is 38.1 Å². The molecular weight excluding hydrogens is 345 g/mol. The van der Waals surface area contributed by atoms with Gasteiger partial charge >= 0.3 is 6.18 Å². The Kier molecular flexibility index (Phi) is 5.13. The molecule has 3 rings (SSSR count). The highest BCUT2D eigenvalue weighted by Gasteiger charge is 2.28. The lowest BCUT2D eigenvalue weighted by molar-refractivity contribution is -0.123. The summed E-state index contributed by atoms with van der Waals surface area (Å²) < 4.78 is 38.8. The van der Waals surface area contributed by atoms with E-state index in [9.17, 15) is 18.0 Å². The number of piperazine rings is 1. The largest absolute Gasteiger partial charge is 0.405 e. The van der Waals surface area contributed by atoms with Gasteiger partial charge in [-0.2, -0.15) is 13.2 Å². The molecule has 26 heavy (non-hydrogen) atoms. The van der Waals surface area contributed by atoms with Crippen LogP contribution in [0.3, 0.4) is 0 Å². The van der Waals surface area contributed by atoms with Crippen molar-refractivity contribution in [3.05, 3.63) is 36.0 Å². The predicted octanol–water partition coefficient (Wildman–Crippen LogP) is 2.76. The van der Waals surface area contributed by atoms with Crippen LogP contribution in [0.2, 0.25) is 0 Å². The van der Waals surface area contributed by atoms with Crippen molar-refractivity contribution in [1.82, 2.24) is 14.6 Å². The Morgan fingerprint density at radius 3 is 2.38 bits per heavy atom. The van der Waals surface area contributed by atoms with Gasteiger partial charge in [0.1, 0.15) is 12.4 Å². The van der Waals surface area contributed by atoms with E-state index < -0.39 is 18.6 Å². The van der Waals surface area contributed by atoms with Crippen molar-refractivity contribution in [2.75, 3.05) is 37.6 Å². The normalized spacial score (nSPS) is 16.5. The lowest BCUT2D eigenvalue weighted by Crippen LogP contribution is -2.49. The maximum Gasteiger partial charge on any atom is 0.405 e. The molecule has 0 saturated carbocycles. The minimum absolute atomic E-state index is 0.208. The molecule has 1 saturated heterocycles. The first-order chi connectivity index (χ1) is 12.2. The molecule has 3 heterocycles. The number of pyridine rings is 1.